The zero-order valence-electron chi connectivity index (χ0n) is 11.5. The molecule has 0 radical (unpaired) electrons. The number of nitrogens with zero attached hydrogens (tertiary/aromatic N) is 2. The fourth-order valence-corrected chi connectivity index (χ4v) is 1.89. The number of carboxylic acids is 1. The van der Waals surface area contributed by atoms with Crippen LogP contribution in [0.2, 0.25) is 0 Å². The molecule has 0 aliphatic rings. The van der Waals surface area contributed by atoms with Crippen LogP contribution in [0.15, 0.2) is 36.5 Å². The van der Waals surface area contributed by atoms with Crippen LogP contribution >= 0.6 is 0 Å². The van der Waals surface area contributed by atoms with Crippen molar-refractivity contribution in [2.45, 2.75) is 19.9 Å². The Kier molecular flexibility index (Phi) is 4.61. The van der Waals surface area contributed by atoms with E-state index in [9.17, 15) is 9.59 Å². The molecule has 0 bridgehead atoms. The first kappa shape index (κ1) is 14.6. The summed E-state index contributed by atoms with van der Waals surface area (Å²) in [5, 5.41) is 11.6. The van der Waals surface area contributed by atoms with E-state index in [1.54, 1.807) is 6.20 Å². The van der Waals surface area contributed by atoms with Gasteiger partial charge in [-0.25, -0.2) is 9.78 Å². The highest BCUT2D eigenvalue weighted by atomic mass is 16.4. The second kappa shape index (κ2) is 6.60. The quantitative estimate of drug-likeness (QED) is 0.871. The van der Waals surface area contributed by atoms with Crippen LogP contribution in [0.1, 0.15) is 39.2 Å². The number of hydrogen-bond donors (Lipinski definition) is 2. The SMILES string of the molecule is CCc1cccnc1CNC(=O)c1cccc(C(=O)O)n1. The van der Waals surface area contributed by atoms with Crippen molar-refractivity contribution in [3.05, 3.63) is 59.2 Å². The topological polar surface area (TPSA) is 92.2 Å². The van der Waals surface area contributed by atoms with Crippen molar-refractivity contribution in [2.24, 2.45) is 0 Å². The van der Waals surface area contributed by atoms with Crippen molar-refractivity contribution < 1.29 is 14.7 Å². The number of amides is 1. The van der Waals surface area contributed by atoms with E-state index in [-0.39, 0.29) is 17.9 Å². The van der Waals surface area contributed by atoms with Crippen LogP contribution in [0.5, 0.6) is 0 Å². The van der Waals surface area contributed by atoms with Gasteiger partial charge in [-0.1, -0.05) is 19.1 Å². The summed E-state index contributed by atoms with van der Waals surface area (Å²) in [5.74, 6) is -1.59. The maximum Gasteiger partial charge on any atom is 0.354 e. The maximum absolute atomic E-state index is 12.0. The Labute approximate surface area is 121 Å². The molecule has 0 atom stereocenters. The second-order valence-electron chi connectivity index (χ2n) is 4.36. The van der Waals surface area contributed by atoms with Crippen LogP contribution in [0.4, 0.5) is 0 Å². The summed E-state index contributed by atoms with van der Waals surface area (Å²) in [5.41, 5.74) is 1.77. The zero-order valence-corrected chi connectivity index (χ0v) is 11.5. The van der Waals surface area contributed by atoms with Gasteiger partial charge in [-0.05, 0) is 30.2 Å². The number of hydrogen-bond acceptors (Lipinski definition) is 4. The van der Waals surface area contributed by atoms with E-state index in [0.717, 1.165) is 17.7 Å². The number of aryl methyl sites for hydroxylation is 1. The van der Waals surface area contributed by atoms with Gasteiger partial charge in [0.15, 0.2) is 0 Å². The largest absolute Gasteiger partial charge is 0.477 e. The average molecular weight is 285 g/mol. The van der Waals surface area contributed by atoms with Crippen LogP contribution in [-0.2, 0) is 13.0 Å². The van der Waals surface area contributed by atoms with Crippen molar-refractivity contribution in [1.82, 2.24) is 15.3 Å². The van der Waals surface area contributed by atoms with Crippen molar-refractivity contribution >= 4 is 11.9 Å². The lowest BCUT2D eigenvalue weighted by Crippen LogP contribution is -2.25. The highest BCUT2D eigenvalue weighted by molar-refractivity contribution is 5.94. The molecule has 2 rings (SSSR count). The average Bonchev–Trinajstić information content (AvgIpc) is 2.52. The van der Waals surface area contributed by atoms with Crippen molar-refractivity contribution in [2.75, 3.05) is 0 Å². The molecule has 108 valence electrons. The Morgan fingerprint density at radius 1 is 1.19 bits per heavy atom. The molecule has 6 nitrogen and oxygen atoms in total. The van der Waals surface area contributed by atoms with Crippen molar-refractivity contribution in [1.29, 1.82) is 0 Å². The smallest absolute Gasteiger partial charge is 0.354 e. The lowest BCUT2D eigenvalue weighted by atomic mass is 10.1. The molecule has 0 fully saturated rings. The molecular formula is C15H15N3O3. The van der Waals surface area contributed by atoms with Gasteiger partial charge in [0.1, 0.15) is 11.4 Å². The lowest BCUT2D eigenvalue weighted by Gasteiger charge is -2.08. The number of aromatic nitrogens is 2. The van der Waals surface area contributed by atoms with E-state index in [4.69, 9.17) is 5.11 Å². The van der Waals surface area contributed by atoms with Crippen LogP contribution < -0.4 is 5.32 Å². The van der Waals surface area contributed by atoms with E-state index in [1.165, 1.54) is 18.2 Å². The van der Waals surface area contributed by atoms with Gasteiger partial charge < -0.3 is 10.4 Å². The van der Waals surface area contributed by atoms with E-state index in [2.05, 4.69) is 15.3 Å². The summed E-state index contributed by atoms with van der Waals surface area (Å²) in [4.78, 5) is 30.9. The molecule has 0 aromatic carbocycles. The Balaban J connectivity index is 2.08. The van der Waals surface area contributed by atoms with Crippen LogP contribution in [0.3, 0.4) is 0 Å². The number of carbonyl (C=O) groups excluding carboxylic acids is 1. The number of nitrogens with one attached hydrogen (secondary N) is 1. The Morgan fingerprint density at radius 2 is 1.95 bits per heavy atom. The normalized spacial score (nSPS) is 10.1. The summed E-state index contributed by atoms with van der Waals surface area (Å²) in [6.07, 6.45) is 2.50. The van der Waals surface area contributed by atoms with Gasteiger partial charge in [0, 0.05) is 6.20 Å². The standard InChI is InChI=1S/C15H15N3O3/c1-2-10-5-4-8-16-13(10)9-17-14(19)11-6-3-7-12(18-11)15(20)21/h3-8H,2,9H2,1H3,(H,17,19)(H,20,21). The molecule has 0 saturated heterocycles. The van der Waals surface area contributed by atoms with Gasteiger partial charge in [0.25, 0.3) is 5.91 Å². The molecule has 21 heavy (non-hydrogen) atoms. The molecule has 2 aromatic rings. The number of aromatic carboxylic acids is 1. The lowest BCUT2D eigenvalue weighted by molar-refractivity contribution is 0.0690. The highest BCUT2D eigenvalue weighted by Gasteiger charge is 2.11. The number of carboxylic acid groups (broad SMARTS) is 1. The van der Waals surface area contributed by atoms with Gasteiger partial charge >= 0.3 is 5.97 Å². The predicted molar refractivity (Wildman–Crippen MR) is 76.0 cm³/mol. The first-order valence-electron chi connectivity index (χ1n) is 6.53. The minimum Gasteiger partial charge on any atom is -0.477 e. The first-order chi connectivity index (χ1) is 10.1. The highest BCUT2D eigenvalue weighted by Crippen LogP contribution is 2.06. The van der Waals surface area contributed by atoms with Crippen molar-refractivity contribution in [3.63, 3.8) is 0 Å². The minimum absolute atomic E-state index is 0.0730. The third kappa shape index (κ3) is 3.62. The minimum atomic E-state index is -1.16. The summed E-state index contributed by atoms with van der Waals surface area (Å²) in [6, 6.07) is 8.11. The molecule has 0 unspecified atom stereocenters. The fraction of sp³-hybridized carbons (Fsp3) is 0.200. The maximum atomic E-state index is 12.0. The van der Waals surface area contributed by atoms with Gasteiger partial charge in [0.05, 0.1) is 12.2 Å². The molecule has 2 aromatic heterocycles. The summed E-state index contributed by atoms with van der Waals surface area (Å²) < 4.78 is 0. The van der Waals surface area contributed by atoms with Gasteiger partial charge in [-0.2, -0.15) is 0 Å². The fourth-order valence-electron chi connectivity index (χ4n) is 1.89. The number of pyridine rings is 2. The van der Waals surface area contributed by atoms with E-state index in [1.807, 2.05) is 19.1 Å². The van der Waals surface area contributed by atoms with Gasteiger partial charge in [-0.15, -0.1) is 0 Å². The zero-order chi connectivity index (χ0) is 15.2. The Morgan fingerprint density at radius 3 is 2.67 bits per heavy atom. The summed E-state index contributed by atoms with van der Waals surface area (Å²) in [6.45, 7) is 2.29. The van der Waals surface area contributed by atoms with E-state index < -0.39 is 11.9 Å². The molecule has 0 spiro atoms. The molecule has 0 saturated carbocycles. The van der Waals surface area contributed by atoms with E-state index >= 15 is 0 Å². The third-order valence-electron chi connectivity index (χ3n) is 2.98. The molecule has 0 aliphatic heterocycles. The molecule has 0 aliphatic carbocycles. The van der Waals surface area contributed by atoms with Crippen molar-refractivity contribution in [3.8, 4) is 0 Å². The number of carbonyl (C=O) groups is 2. The number of rotatable bonds is 5. The summed E-state index contributed by atoms with van der Waals surface area (Å²) in [7, 11) is 0. The van der Waals surface area contributed by atoms with Crippen LogP contribution in [0.25, 0.3) is 0 Å². The monoisotopic (exact) mass is 285 g/mol. The third-order valence-corrected chi connectivity index (χ3v) is 2.98. The van der Waals surface area contributed by atoms with Crippen LogP contribution in [-0.4, -0.2) is 27.0 Å². The molecule has 6 heteroatoms. The van der Waals surface area contributed by atoms with Crippen LogP contribution in [0, 0.1) is 0 Å². The first-order valence-corrected chi connectivity index (χ1v) is 6.53. The molecule has 2 heterocycles. The predicted octanol–water partition coefficient (Wildman–Crippen LogP) is 1.67. The van der Waals surface area contributed by atoms with Gasteiger partial charge in [-0.3, -0.25) is 9.78 Å². The van der Waals surface area contributed by atoms with E-state index in [0.29, 0.717) is 0 Å². The van der Waals surface area contributed by atoms with Gasteiger partial charge in [0.2, 0.25) is 0 Å². The Hall–Kier alpha value is -2.76. The molecule has 2 N–H and O–H groups in total. The molecule has 1 amide bonds. The summed E-state index contributed by atoms with van der Waals surface area (Å²) >= 11 is 0. The Bertz CT molecular complexity index is 671. The molecular weight excluding hydrogens is 270 g/mol. The second-order valence-corrected chi connectivity index (χ2v) is 4.36.